The second-order valence-corrected chi connectivity index (χ2v) is 8.32. The quantitative estimate of drug-likeness (QED) is 0.883. The van der Waals surface area contributed by atoms with E-state index in [4.69, 9.17) is 0 Å². The predicted octanol–water partition coefficient (Wildman–Crippen LogP) is 2.36. The minimum absolute atomic E-state index is 0.0115. The monoisotopic (exact) mass is 367 g/mol. The number of amides is 2. The molecule has 2 saturated heterocycles. The van der Waals surface area contributed by atoms with E-state index in [0.29, 0.717) is 36.1 Å². The molecule has 1 N–H and O–H groups in total. The number of likely N-dealkylation sites (tertiary alicyclic amines) is 2. The molecule has 2 aromatic rings. The van der Waals surface area contributed by atoms with Gasteiger partial charge in [-0.25, -0.2) is 0 Å². The molecule has 1 saturated carbocycles. The van der Waals surface area contributed by atoms with Crippen molar-refractivity contribution in [1.82, 2.24) is 25.2 Å². The first kappa shape index (κ1) is 16.7. The number of fused-ring (bicyclic) bond motifs is 1. The first-order chi connectivity index (χ1) is 13.2. The van der Waals surface area contributed by atoms with Crippen LogP contribution in [0.2, 0.25) is 0 Å². The molecule has 3 aliphatic rings. The van der Waals surface area contributed by atoms with E-state index in [2.05, 4.69) is 20.3 Å². The third kappa shape index (κ3) is 2.71. The van der Waals surface area contributed by atoms with Crippen LogP contribution in [0.3, 0.4) is 0 Å². The molecule has 5 rings (SSSR count). The number of hydrogen-bond acceptors (Lipinski definition) is 4. The van der Waals surface area contributed by atoms with Crippen molar-refractivity contribution in [1.29, 1.82) is 0 Å². The molecule has 0 radical (unpaired) electrons. The van der Waals surface area contributed by atoms with Crippen LogP contribution in [0.15, 0.2) is 18.2 Å². The van der Waals surface area contributed by atoms with Crippen LogP contribution in [0.1, 0.15) is 55.3 Å². The number of aromatic amines is 1. The van der Waals surface area contributed by atoms with Gasteiger partial charge in [0.25, 0.3) is 5.91 Å². The van der Waals surface area contributed by atoms with Crippen molar-refractivity contribution >= 4 is 22.8 Å². The van der Waals surface area contributed by atoms with Gasteiger partial charge >= 0.3 is 0 Å². The summed E-state index contributed by atoms with van der Waals surface area (Å²) in [7, 11) is 0. The third-order valence-corrected chi connectivity index (χ3v) is 6.74. The number of H-pyrrole nitrogens is 1. The number of nitrogens with one attached hydrogen (secondary N) is 1. The van der Waals surface area contributed by atoms with Crippen molar-refractivity contribution < 1.29 is 9.59 Å². The third-order valence-electron chi connectivity index (χ3n) is 6.74. The van der Waals surface area contributed by atoms with E-state index in [-0.39, 0.29) is 11.3 Å². The molecule has 0 bridgehead atoms. The lowest BCUT2D eigenvalue weighted by atomic mass is 9.77. The van der Waals surface area contributed by atoms with E-state index in [9.17, 15) is 9.59 Å². The number of benzene rings is 1. The summed E-state index contributed by atoms with van der Waals surface area (Å²) in [6.07, 6.45) is 7.49. The van der Waals surface area contributed by atoms with Crippen molar-refractivity contribution in [2.24, 2.45) is 5.41 Å². The van der Waals surface area contributed by atoms with Gasteiger partial charge in [-0.05, 0) is 50.3 Å². The highest BCUT2D eigenvalue weighted by Gasteiger charge is 2.50. The summed E-state index contributed by atoms with van der Waals surface area (Å²) in [6.45, 7) is 2.09. The smallest absolute Gasteiger partial charge is 0.253 e. The van der Waals surface area contributed by atoms with E-state index in [1.807, 2.05) is 11.0 Å². The topological polar surface area (TPSA) is 82.2 Å². The molecule has 3 fully saturated rings. The fourth-order valence-corrected chi connectivity index (χ4v) is 5.25. The number of nitrogens with zero attached hydrogens (tertiary/aromatic N) is 4. The maximum absolute atomic E-state index is 13.3. The van der Waals surface area contributed by atoms with E-state index >= 15 is 0 Å². The normalized spacial score (nSPS) is 26.6. The summed E-state index contributed by atoms with van der Waals surface area (Å²) in [4.78, 5) is 30.4. The largest absolute Gasteiger partial charge is 0.339 e. The minimum Gasteiger partial charge on any atom is -0.339 e. The number of hydrogen-bond donors (Lipinski definition) is 1. The molecule has 27 heavy (non-hydrogen) atoms. The van der Waals surface area contributed by atoms with Crippen LogP contribution < -0.4 is 0 Å². The van der Waals surface area contributed by atoms with Crippen LogP contribution in [-0.2, 0) is 4.79 Å². The summed E-state index contributed by atoms with van der Waals surface area (Å²) in [6, 6.07) is 5.81. The SMILES string of the molecule is O=C(c1ccc2n[nH]nc2c1)N1CC[C@]2(CCCN(C3CCCC3)C2=O)C1. The Hall–Kier alpha value is -2.44. The van der Waals surface area contributed by atoms with Crippen molar-refractivity contribution in [3.05, 3.63) is 23.8 Å². The first-order valence-electron chi connectivity index (χ1n) is 10.1. The summed E-state index contributed by atoms with van der Waals surface area (Å²) in [5, 5.41) is 10.7. The average molecular weight is 367 g/mol. The zero-order valence-corrected chi connectivity index (χ0v) is 15.5. The minimum atomic E-state index is -0.367. The Balaban J connectivity index is 1.35. The van der Waals surface area contributed by atoms with Crippen molar-refractivity contribution in [2.75, 3.05) is 19.6 Å². The molecule has 1 aromatic carbocycles. The van der Waals surface area contributed by atoms with Crippen molar-refractivity contribution in [3.8, 4) is 0 Å². The lowest BCUT2D eigenvalue weighted by Crippen LogP contribution is -2.53. The first-order valence-corrected chi connectivity index (χ1v) is 10.1. The fraction of sp³-hybridized carbons (Fsp3) is 0.600. The molecule has 3 heterocycles. The molecule has 2 amide bonds. The molecule has 7 heteroatoms. The van der Waals surface area contributed by atoms with E-state index in [1.54, 1.807) is 12.1 Å². The van der Waals surface area contributed by atoms with Gasteiger partial charge < -0.3 is 9.80 Å². The molecule has 1 atom stereocenters. The molecule has 2 aliphatic heterocycles. The molecule has 1 aromatic heterocycles. The Morgan fingerprint density at radius 1 is 1.07 bits per heavy atom. The standard InChI is InChI=1S/C20H25N5O2/c26-18(14-6-7-16-17(12-14)22-23-21-16)24-11-9-20(13-24)8-3-10-25(19(20)27)15-4-1-2-5-15/h6-7,12,15H,1-5,8-11,13H2,(H,21,22,23)/t20-/m1/s1. The molecule has 1 aliphatic carbocycles. The lowest BCUT2D eigenvalue weighted by molar-refractivity contribution is -0.148. The number of carbonyl (C=O) groups is 2. The predicted molar refractivity (Wildman–Crippen MR) is 100 cm³/mol. The zero-order chi connectivity index (χ0) is 18.4. The van der Waals surface area contributed by atoms with Crippen molar-refractivity contribution in [2.45, 2.75) is 51.0 Å². The molecule has 7 nitrogen and oxygen atoms in total. The second-order valence-electron chi connectivity index (χ2n) is 8.32. The Morgan fingerprint density at radius 3 is 2.74 bits per heavy atom. The highest BCUT2D eigenvalue weighted by atomic mass is 16.2. The molecule has 1 spiro atoms. The second kappa shape index (κ2) is 6.32. The van der Waals surface area contributed by atoms with Gasteiger partial charge in [-0.3, -0.25) is 9.59 Å². The van der Waals surface area contributed by atoms with Gasteiger partial charge in [0.1, 0.15) is 11.0 Å². The lowest BCUT2D eigenvalue weighted by Gasteiger charge is -2.42. The molecule has 142 valence electrons. The van der Waals surface area contributed by atoms with Crippen LogP contribution in [0.5, 0.6) is 0 Å². The van der Waals surface area contributed by atoms with Gasteiger partial charge in [0.2, 0.25) is 5.91 Å². The Kier molecular flexibility index (Phi) is 3.91. The maximum atomic E-state index is 13.3. The highest BCUT2D eigenvalue weighted by Crippen LogP contribution is 2.42. The van der Waals surface area contributed by atoms with Gasteiger partial charge in [-0.15, -0.1) is 0 Å². The van der Waals surface area contributed by atoms with Gasteiger partial charge in [-0.1, -0.05) is 12.8 Å². The summed E-state index contributed by atoms with van der Waals surface area (Å²) < 4.78 is 0. The highest BCUT2D eigenvalue weighted by molar-refractivity contribution is 5.98. The Bertz CT molecular complexity index is 887. The van der Waals surface area contributed by atoms with E-state index in [1.165, 1.54) is 12.8 Å². The van der Waals surface area contributed by atoms with Gasteiger partial charge in [0.05, 0.1) is 5.41 Å². The van der Waals surface area contributed by atoms with Crippen LogP contribution in [0.25, 0.3) is 11.0 Å². The van der Waals surface area contributed by atoms with E-state index < -0.39 is 0 Å². The average Bonchev–Trinajstić information content (AvgIpc) is 3.44. The van der Waals surface area contributed by atoms with Gasteiger partial charge in [0.15, 0.2) is 0 Å². The Morgan fingerprint density at radius 2 is 1.89 bits per heavy atom. The van der Waals surface area contributed by atoms with Gasteiger partial charge in [0, 0.05) is 31.2 Å². The van der Waals surface area contributed by atoms with Crippen LogP contribution >= 0.6 is 0 Å². The molecular weight excluding hydrogens is 342 g/mol. The fourth-order valence-electron chi connectivity index (χ4n) is 5.25. The summed E-state index contributed by atoms with van der Waals surface area (Å²) in [5.41, 5.74) is 1.69. The number of aromatic nitrogens is 3. The number of carbonyl (C=O) groups excluding carboxylic acids is 2. The summed E-state index contributed by atoms with van der Waals surface area (Å²) in [5.74, 6) is 0.283. The Labute approximate surface area is 158 Å². The number of piperidine rings is 1. The van der Waals surface area contributed by atoms with E-state index in [0.717, 1.165) is 44.2 Å². The van der Waals surface area contributed by atoms with Crippen LogP contribution in [0, 0.1) is 5.41 Å². The van der Waals surface area contributed by atoms with Crippen LogP contribution in [-0.4, -0.2) is 62.7 Å². The maximum Gasteiger partial charge on any atom is 0.253 e. The summed E-state index contributed by atoms with van der Waals surface area (Å²) >= 11 is 0. The number of rotatable bonds is 2. The zero-order valence-electron chi connectivity index (χ0n) is 15.5. The molecule has 0 unspecified atom stereocenters. The molecular formula is C20H25N5O2. The van der Waals surface area contributed by atoms with Gasteiger partial charge in [-0.2, -0.15) is 15.4 Å². The van der Waals surface area contributed by atoms with Crippen LogP contribution in [0.4, 0.5) is 0 Å². The van der Waals surface area contributed by atoms with Crippen molar-refractivity contribution in [3.63, 3.8) is 0 Å².